The van der Waals surface area contributed by atoms with Crippen LogP contribution in [-0.2, 0) is 9.53 Å². The van der Waals surface area contributed by atoms with Crippen LogP contribution in [-0.4, -0.2) is 18.1 Å². The lowest BCUT2D eigenvalue weighted by Gasteiger charge is -1.96. The highest BCUT2D eigenvalue weighted by atomic mass is 32.2. The van der Waals surface area contributed by atoms with Crippen LogP contribution in [0, 0.1) is 11.3 Å². The molecule has 0 spiro atoms. The molecule has 2 rings (SSSR count). The van der Waals surface area contributed by atoms with Crippen molar-refractivity contribution in [3.8, 4) is 6.07 Å². The van der Waals surface area contributed by atoms with Gasteiger partial charge < -0.3 is 9.15 Å². The maximum Gasteiger partial charge on any atom is 0.348 e. The normalized spacial score (nSPS) is 10.9. The summed E-state index contributed by atoms with van der Waals surface area (Å²) in [4.78, 5) is 15.4. The standard InChI is InChI=1S/C14H10N2O3S/c1-18-14(17)10(9-15)8-11-5-6-13(19-11)20-12-4-2-3-7-16-12/h2-8H,1H3/b10-8-. The monoisotopic (exact) mass is 286 g/mol. The van der Waals surface area contributed by atoms with E-state index in [0.717, 1.165) is 5.03 Å². The van der Waals surface area contributed by atoms with Gasteiger partial charge in [0.15, 0.2) is 5.09 Å². The molecule has 0 aromatic carbocycles. The Balaban J connectivity index is 2.15. The molecule has 0 bridgehead atoms. The van der Waals surface area contributed by atoms with E-state index in [-0.39, 0.29) is 5.57 Å². The number of ether oxygens (including phenoxy) is 1. The zero-order valence-electron chi connectivity index (χ0n) is 10.6. The molecule has 0 aliphatic carbocycles. The summed E-state index contributed by atoms with van der Waals surface area (Å²) in [7, 11) is 1.22. The summed E-state index contributed by atoms with van der Waals surface area (Å²) in [6, 6.07) is 10.8. The van der Waals surface area contributed by atoms with Crippen molar-refractivity contribution < 1.29 is 13.9 Å². The SMILES string of the molecule is COC(=O)/C(C#N)=C\c1ccc(Sc2ccccn2)o1. The molecule has 0 aliphatic rings. The number of furan rings is 1. The number of pyridine rings is 1. The fourth-order valence-electron chi connectivity index (χ4n) is 1.37. The Morgan fingerprint density at radius 3 is 2.95 bits per heavy atom. The second-order valence-electron chi connectivity index (χ2n) is 3.59. The Morgan fingerprint density at radius 1 is 1.45 bits per heavy atom. The van der Waals surface area contributed by atoms with Gasteiger partial charge in [0.05, 0.1) is 7.11 Å². The highest BCUT2D eigenvalue weighted by Crippen LogP contribution is 2.28. The van der Waals surface area contributed by atoms with Crippen LogP contribution in [0.2, 0.25) is 0 Å². The summed E-state index contributed by atoms with van der Waals surface area (Å²) < 4.78 is 9.99. The maximum absolute atomic E-state index is 11.3. The predicted octanol–water partition coefficient (Wildman–Crippen LogP) is 2.91. The van der Waals surface area contributed by atoms with E-state index in [9.17, 15) is 4.79 Å². The van der Waals surface area contributed by atoms with E-state index in [1.165, 1.54) is 24.9 Å². The van der Waals surface area contributed by atoms with Crippen molar-refractivity contribution in [1.82, 2.24) is 4.98 Å². The molecule has 20 heavy (non-hydrogen) atoms. The van der Waals surface area contributed by atoms with E-state index in [1.54, 1.807) is 24.4 Å². The molecule has 0 saturated heterocycles. The second-order valence-corrected chi connectivity index (χ2v) is 4.61. The summed E-state index contributed by atoms with van der Waals surface area (Å²) in [5.74, 6) is -0.284. The first-order chi connectivity index (χ1) is 9.72. The van der Waals surface area contributed by atoms with Gasteiger partial charge in [-0.1, -0.05) is 6.07 Å². The quantitative estimate of drug-likeness (QED) is 0.488. The molecule has 0 radical (unpaired) electrons. The lowest BCUT2D eigenvalue weighted by Crippen LogP contribution is -2.02. The molecule has 0 aliphatic heterocycles. The molecular weight excluding hydrogens is 276 g/mol. The van der Waals surface area contributed by atoms with Crippen molar-refractivity contribution in [2.24, 2.45) is 0 Å². The van der Waals surface area contributed by atoms with Crippen molar-refractivity contribution in [3.63, 3.8) is 0 Å². The highest BCUT2D eigenvalue weighted by Gasteiger charge is 2.10. The molecule has 6 heteroatoms. The van der Waals surface area contributed by atoms with Crippen molar-refractivity contribution in [2.75, 3.05) is 7.11 Å². The van der Waals surface area contributed by atoms with Crippen LogP contribution >= 0.6 is 11.8 Å². The number of nitrogens with zero attached hydrogens (tertiary/aromatic N) is 2. The number of nitriles is 1. The molecule has 0 N–H and O–H groups in total. The van der Waals surface area contributed by atoms with Gasteiger partial charge in [0.25, 0.3) is 0 Å². The van der Waals surface area contributed by atoms with Crippen LogP contribution in [0.3, 0.4) is 0 Å². The number of hydrogen-bond acceptors (Lipinski definition) is 6. The molecule has 0 unspecified atom stereocenters. The third kappa shape index (κ3) is 3.49. The smallest absolute Gasteiger partial charge is 0.348 e. The largest absolute Gasteiger partial charge is 0.465 e. The average Bonchev–Trinajstić information content (AvgIpc) is 2.92. The molecule has 5 nitrogen and oxygen atoms in total. The Hall–Kier alpha value is -2.52. The molecule has 100 valence electrons. The van der Waals surface area contributed by atoms with Gasteiger partial charge in [0.2, 0.25) is 0 Å². The van der Waals surface area contributed by atoms with Crippen LogP contribution < -0.4 is 0 Å². The molecule has 0 saturated carbocycles. The van der Waals surface area contributed by atoms with Crippen LogP contribution in [0.15, 0.2) is 56.6 Å². The zero-order chi connectivity index (χ0) is 14.4. The number of aromatic nitrogens is 1. The van der Waals surface area contributed by atoms with E-state index in [2.05, 4.69) is 9.72 Å². The Bertz CT molecular complexity index is 671. The minimum atomic E-state index is -0.692. The van der Waals surface area contributed by atoms with Gasteiger partial charge in [0.1, 0.15) is 22.4 Å². The van der Waals surface area contributed by atoms with Gasteiger partial charge in [-0.05, 0) is 36.0 Å². The third-order valence-electron chi connectivity index (χ3n) is 2.26. The van der Waals surface area contributed by atoms with Crippen molar-refractivity contribution >= 4 is 23.8 Å². The summed E-state index contributed by atoms with van der Waals surface area (Å²) in [5.41, 5.74) is -0.115. The van der Waals surface area contributed by atoms with Crippen molar-refractivity contribution in [3.05, 3.63) is 47.9 Å². The summed E-state index contributed by atoms with van der Waals surface area (Å²) in [6.07, 6.45) is 3.03. The molecule has 2 heterocycles. The van der Waals surface area contributed by atoms with E-state index in [0.29, 0.717) is 10.9 Å². The predicted molar refractivity (Wildman–Crippen MR) is 72.7 cm³/mol. The van der Waals surface area contributed by atoms with E-state index in [4.69, 9.17) is 9.68 Å². The molecule has 2 aromatic heterocycles. The van der Waals surface area contributed by atoms with E-state index in [1.807, 2.05) is 18.2 Å². The van der Waals surface area contributed by atoms with Crippen molar-refractivity contribution in [2.45, 2.75) is 10.1 Å². The fraction of sp³-hybridized carbons (Fsp3) is 0.0714. The Kier molecular flexibility index (Phi) is 4.58. The second kappa shape index (κ2) is 6.59. The highest BCUT2D eigenvalue weighted by molar-refractivity contribution is 7.99. The number of methoxy groups -OCH3 is 1. The third-order valence-corrected chi connectivity index (χ3v) is 3.13. The van der Waals surface area contributed by atoms with Gasteiger partial charge >= 0.3 is 5.97 Å². The van der Waals surface area contributed by atoms with E-state index < -0.39 is 5.97 Å². The summed E-state index contributed by atoms with van der Waals surface area (Å²) in [6.45, 7) is 0. The lowest BCUT2D eigenvalue weighted by atomic mass is 10.2. The lowest BCUT2D eigenvalue weighted by molar-refractivity contribution is -0.135. The minimum absolute atomic E-state index is 0.115. The van der Waals surface area contributed by atoms with Gasteiger partial charge in [-0.3, -0.25) is 0 Å². The van der Waals surface area contributed by atoms with Crippen LogP contribution in [0.4, 0.5) is 0 Å². The summed E-state index contributed by atoms with van der Waals surface area (Å²) >= 11 is 1.35. The van der Waals surface area contributed by atoms with Gasteiger partial charge in [-0.25, -0.2) is 9.78 Å². The molecule has 0 atom stereocenters. The van der Waals surface area contributed by atoms with Crippen LogP contribution in [0.1, 0.15) is 5.76 Å². The number of rotatable bonds is 4. The Morgan fingerprint density at radius 2 is 2.30 bits per heavy atom. The molecule has 0 fully saturated rings. The van der Waals surface area contributed by atoms with E-state index >= 15 is 0 Å². The van der Waals surface area contributed by atoms with Gasteiger partial charge in [0, 0.05) is 12.3 Å². The number of carbonyl (C=O) groups is 1. The topological polar surface area (TPSA) is 76.1 Å². The Labute approximate surface area is 119 Å². The van der Waals surface area contributed by atoms with Crippen LogP contribution in [0.25, 0.3) is 6.08 Å². The maximum atomic E-state index is 11.3. The number of esters is 1. The number of carbonyl (C=O) groups excluding carboxylic acids is 1. The zero-order valence-corrected chi connectivity index (χ0v) is 11.4. The van der Waals surface area contributed by atoms with Crippen LogP contribution in [0.5, 0.6) is 0 Å². The first-order valence-corrected chi connectivity index (χ1v) is 6.43. The number of hydrogen-bond donors (Lipinski definition) is 0. The van der Waals surface area contributed by atoms with Gasteiger partial charge in [-0.2, -0.15) is 5.26 Å². The first kappa shape index (κ1) is 13.9. The molecular formula is C14H10N2O3S. The molecule has 0 amide bonds. The van der Waals surface area contributed by atoms with Crippen molar-refractivity contribution in [1.29, 1.82) is 5.26 Å². The summed E-state index contributed by atoms with van der Waals surface area (Å²) in [5, 5.41) is 10.3. The minimum Gasteiger partial charge on any atom is -0.465 e. The average molecular weight is 286 g/mol. The first-order valence-electron chi connectivity index (χ1n) is 5.62. The fourth-order valence-corrected chi connectivity index (χ4v) is 2.11. The van der Waals surface area contributed by atoms with Gasteiger partial charge in [-0.15, -0.1) is 0 Å². The molecule has 2 aromatic rings.